The molecule has 0 aliphatic rings. The van der Waals surface area contributed by atoms with E-state index in [0.717, 1.165) is 4.31 Å². The lowest BCUT2D eigenvalue weighted by Gasteiger charge is -2.26. The molecule has 0 fully saturated rings. The Bertz CT molecular complexity index is 446. The Balaban J connectivity index is 4.90. The van der Waals surface area contributed by atoms with Gasteiger partial charge in [0.05, 0.1) is 6.61 Å². The number of amides is 1. The molecule has 0 saturated carbocycles. The number of carbonyl (C=O) groups is 2. The van der Waals surface area contributed by atoms with Gasteiger partial charge in [0.2, 0.25) is 15.9 Å². The molecular formula is C11H22N2O6S. The first-order chi connectivity index (χ1) is 9.12. The van der Waals surface area contributed by atoms with Crippen LogP contribution in [0, 0.1) is 0 Å². The van der Waals surface area contributed by atoms with E-state index >= 15 is 0 Å². The summed E-state index contributed by atoms with van der Waals surface area (Å²) in [6, 6.07) is 0. The van der Waals surface area contributed by atoms with Crippen LogP contribution in [0.2, 0.25) is 0 Å². The summed E-state index contributed by atoms with van der Waals surface area (Å²) in [4.78, 5) is 22.9. The molecule has 0 bridgehead atoms. The molecule has 0 saturated heterocycles. The summed E-state index contributed by atoms with van der Waals surface area (Å²) in [6.45, 7) is 4.80. The van der Waals surface area contributed by atoms with Gasteiger partial charge in [0.25, 0.3) is 0 Å². The number of aliphatic carboxylic acids is 1. The van der Waals surface area contributed by atoms with Crippen molar-refractivity contribution in [3.63, 3.8) is 0 Å². The fraction of sp³-hybridized carbons (Fsp3) is 0.818. The molecule has 0 aromatic rings. The highest BCUT2D eigenvalue weighted by atomic mass is 32.2. The van der Waals surface area contributed by atoms with Gasteiger partial charge in [-0.1, -0.05) is 13.8 Å². The van der Waals surface area contributed by atoms with Crippen LogP contribution in [0.15, 0.2) is 0 Å². The Labute approximate surface area is 119 Å². The Morgan fingerprint density at radius 3 is 2.15 bits per heavy atom. The second kappa shape index (κ2) is 7.55. The molecule has 0 heterocycles. The van der Waals surface area contributed by atoms with E-state index in [2.05, 4.69) is 5.32 Å². The van der Waals surface area contributed by atoms with Crippen LogP contribution < -0.4 is 5.32 Å². The summed E-state index contributed by atoms with van der Waals surface area (Å²) in [6.07, 6.45) is 0. The van der Waals surface area contributed by atoms with Gasteiger partial charge in [-0.2, -0.15) is 0 Å². The van der Waals surface area contributed by atoms with Gasteiger partial charge in [0.1, 0.15) is 5.75 Å². The van der Waals surface area contributed by atoms with Gasteiger partial charge in [-0.25, -0.2) is 17.5 Å². The summed E-state index contributed by atoms with van der Waals surface area (Å²) in [5.41, 5.74) is -1.66. The van der Waals surface area contributed by atoms with Gasteiger partial charge in [-0.3, -0.25) is 4.79 Å². The predicted octanol–water partition coefficient (Wildman–Crippen LogP) is -0.736. The highest BCUT2D eigenvalue weighted by Crippen LogP contribution is 2.06. The standard InChI is InChI=1S/C11H22N2O6S/c1-5-13(6-2)20(17,18)7-9(14)12-11(3,8-19-4)10(15)16/h5-8H2,1-4H3,(H,12,14)(H,15,16). The third-order valence-corrected chi connectivity index (χ3v) is 4.66. The molecule has 2 N–H and O–H groups in total. The SMILES string of the molecule is CCN(CC)S(=O)(=O)CC(=O)NC(C)(COC)C(=O)O. The highest BCUT2D eigenvalue weighted by Gasteiger charge is 2.36. The number of methoxy groups -OCH3 is 1. The highest BCUT2D eigenvalue weighted by molar-refractivity contribution is 7.89. The van der Waals surface area contributed by atoms with Crippen molar-refractivity contribution < 1.29 is 27.9 Å². The molecule has 118 valence electrons. The molecule has 0 aliphatic heterocycles. The number of hydrogen-bond acceptors (Lipinski definition) is 5. The average molecular weight is 310 g/mol. The fourth-order valence-corrected chi connectivity index (χ4v) is 3.03. The van der Waals surface area contributed by atoms with Crippen LogP contribution in [0.5, 0.6) is 0 Å². The first-order valence-corrected chi connectivity index (χ1v) is 7.75. The monoisotopic (exact) mass is 310 g/mol. The van der Waals surface area contributed by atoms with Crippen molar-refractivity contribution >= 4 is 21.9 Å². The maximum absolute atomic E-state index is 11.9. The van der Waals surface area contributed by atoms with Crippen LogP contribution >= 0.6 is 0 Å². The number of nitrogens with zero attached hydrogens (tertiary/aromatic N) is 1. The molecule has 0 radical (unpaired) electrons. The van der Waals surface area contributed by atoms with E-state index in [-0.39, 0.29) is 19.7 Å². The quantitative estimate of drug-likeness (QED) is 0.580. The van der Waals surface area contributed by atoms with Crippen molar-refractivity contribution in [3.8, 4) is 0 Å². The Kier molecular flexibility index (Phi) is 7.11. The van der Waals surface area contributed by atoms with Crippen molar-refractivity contribution in [2.45, 2.75) is 26.3 Å². The lowest BCUT2D eigenvalue weighted by atomic mass is 10.0. The van der Waals surface area contributed by atoms with E-state index < -0.39 is 33.2 Å². The molecule has 8 nitrogen and oxygen atoms in total. The van der Waals surface area contributed by atoms with E-state index in [4.69, 9.17) is 9.84 Å². The van der Waals surface area contributed by atoms with Crippen LogP contribution in [0.1, 0.15) is 20.8 Å². The number of sulfonamides is 1. The van der Waals surface area contributed by atoms with Crippen LogP contribution in [0.4, 0.5) is 0 Å². The van der Waals surface area contributed by atoms with Crippen LogP contribution in [-0.2, 0) is 24.3 Å². The molecule has 0 rings (SSSR count). The molecule has 0 spiro atoms. The number of carbonyl (C=O) groups excluding carboxylic acids is 1. The van der Waals surface area contributed by atoms with Gasteiger partial charge >= 0.3 is 5.97 Å². The van der Waals surface area contributed by atoms with Gasteiger partial charge in [-0.15, -0.1) is 0 Å². The zero-order valence-corrected chi connectivity index (χ0v) is 13.0. The molecule has 20 heavy (non-hydrogen) atoms. The third kappa shape index (κ3) is 5.06. The van der Waals surface area contributed by atoms with Gasteiger partial charge in [0, 0.05) is 20.2 Å². The maximum Gasteiger partial charge on any atom is 0.331 e. The Hall–Kier alpha value is -1.19. The number of carboxylic acid groups (broad SMARTS) is 1. The second-order valence-corrected chi connectivity index (χ2v) is 6.43. The normalized spacial score (nSPS) is 14.8. The number of rotatable bonds is 9. The molecule has 9 heteroatoms. The zero-order valence-electron chi connectivity index (χ0n) is 12.2. The number of hydrogen-bond donors (Lipinski definition) is 2. The number of carboxylic acids is 1. The predicted molar refractivity (Wildman–Crippen MR) is 72.8 cm³/mol. The van der Waals surface area contributed by atoms with Crippen LogP contribution in [0.25, 0.3) is 0 Å². The second-order valence-electron chi connectivity index (χ2n) is 4.46. The van der Waals surface area contributed by atoms with Crippen molar-refractivity contribution in [2.75, 3.05) is 32.6 Å². The van der Waals surface area contributed by atoms with Crippen molar-refractivity contribution in [2.24, 2.45) is 0 Å². The lowest BCUT2D eigenvalue weighted by molar-refractivity contribution is -0.148. The maximum atomic E-state index is 11.9. The lowest BCUT2D eigenvalue weighted by Crippen LogP contribution is -2.57. The topological polar surface area (TPSA) is 113 Å². The molecule has 1 atom stereocenters. The molecule has 1 amide bonds. The van der Waals surface area contributed by atoms with Gasteiger partial charge < -0.3 is 15.2 Å². The van der Waals surface area contributed by atoms with E-state index in [1.54, 1.807) is 13.8 Å². The summed E-state index contributed by atoms with van der Waals surface area (Å²) >= 11 is 0. The number of ether oxygens (including phenoxy) is 1. The number of nitrogens with one attached hydrogen (secondary N) is 1. The van der Waals surface area contributed by atoms with Gasteiger partial charge in [-0.05, 0) is 6.92 Å². The first kappa shape index (κ1) is 18.8. The van der Waals surface area contributed by atoms with Crippen molar-refractivity contribution in [1.29, 1.82) is 0 Å². The Morgan fingerprint density at radius 1 is 1.30 bits per heavy atom. The van der Waals surface area contributed by atoms with Crippen LogP contribution in [-0.4, -0.2) is 67.8 Å². The van der Waals surface area contributed by atoms with E-state index in [0.29, 0.717) is 0 Å². The molecule has 1 unspecified atom stereocenters. The summed E-state index contributed by atoms with van der Waals surface area (Å²) in [5.74, 6) is -2.96. The smallest absolute Gasteiger partial charge is 0.331 e. The average Bonchev–Trinajstić information content (AvgIpc) is 2.28. The van der Waals surface area contributed by atoms with E-state index in [1.807, 2.05) is 0 Å². The molecule has 0 aromatic carbocycles. The largest absolute Gasteiger partial charge is 0.479 e. The molecule has 0 aliphatic carbocycles. The fourth-order valence-electron chi connectivity index (χ4n) is 1.66. The summed E-state index contributed by atoms with van der Waals surface area (Å²) in [5, 5.41) is 11.2. The summed E-state index contributed by atoms with van der Waals surface area (Å²) in [7, 11) is -2.46. The minimum Gasteiger partial charge on any atom is -0.479 e. The van der Waals surface area contributed by atoms with E-state index in [1.165, 1.54) is 14.0 Å². The summed E-state index contributed by atoms with van der Waals surface area (Å²) < 4.78 is 29.7. The molecular weight excluding hydrogens is 288 g/mol. The van der Waals surface area contributed by atoms with Crippen molar-refractivity contribution in [1.82, 2.24) is 9.62 Å². The van der Waals surface area contributed by atoms with Crippen molar-refractivity contribution in [3.05, 3.63) is 0 Å². The Morgan fingerprint density at radius 2 is 1.80 bits per heavy atom. The first-order valence-electron chi connectivity index (χ1n) is 6.14. The minimum absolute atomic E-state index is 0.250. The zero-order chi connectivity index (χ0) is 16.0. The van der Waals surface area contributed by atoms with Crippen LogP contribution in [0.3, 0.4) is 0 Å². The third-order valence-electron chi connectivity index (χ3n) is 2.73. The molecule has 0 aromatic heterocycles. The van der Waals surface area contributed by atoms with Gasteiger partial charge in [0.15, 0.2) is 5.54 Å². The minimum atomic E-state index is -3.75. The van der Waals surface area contributed by atoms with E-state index in [9.17, 15) is 18.0 Å².